The van der Waals surface area contributed by atoms with Gasteiger partial charge in [-0.15, -0.1) is 0 Å². The van der Waals surface area contributed by atoms with Crippen molar-refractivity contribution in [3.63, 3.8) is 0 Å². The van der Waals surface area contributed by atoms with Gasteiger partial charge in [0, 0.05) is 6.54 Å². The topological polar surface area (TPSA) is 27.0 Å². The van der Waals surface area contributed by atoms with Gasteiger partial charge >= 0.3 is 0 Å². The number of nitriles is 1. The predicted octanol–water partition coefficient (Wildman–Crippen LogP) is 2.69. The maximum Gasteiger partial charge on any atom is 0.179 e. The van der Waals surface area contributed by atoms with Gasteiger partial charge in [0.25, 0.3) is 0 Å². The molecule has 1 aliphatic rings. The standard InChI is InChI=1S/C12H14N2/c13-10-14-9-5-4-8-12(14)11-6-2-1-3-7-11/h1-3,6-7,12H,4-5,8-9H2. The minimum Gasteiger partial charge on any atom is -0.303 e. The van der Waals surface area contributed by atoms with Crippen LogP contribution in [0.1, 0.15) is 30.9 Å². The van der Waals surface area contributed by atoms with Crippen molar-refractivity contribution in [2.75, 3.05) is 6.54 Å². The highest BCUT2D eigenvalue weighted by Crippen LogP contribution is 2.29. The van der Waals surface area contributed by atoms with Gasteiger partial charge in [-0.25, -0.2) is 0 Å². The van der Waals surface area contributed by atoms with Crippen LogP contribution in [0.5, 0.6) is 0 Å². The second-order valence-electron chi connectivity index (χ2n) is 3.72. The van der Waals surface area contributed by atoms with Gasteiger partial charge in [0.2, 0.25) is 0 Å². The lowest BCUT2D eigenvalue weighted by Gasteiger charge is -2.31. The fourth-order valence-electron chi connectivity index (χ4n) is 2.07. The van der Waals surface area contributed by atoms with E-state index in [0.717, 1.165) is 19.4 Å². The molecule has 2 heteroatoms. The first-order valence-electron chi connectivity index (χ1n) is 5.13. The number of piperidine rings is 1. The van der Waals surface area contributed by atoms with E-state index in [1.807, 2.05) is 23.1 Å². The first kappa shape index (κ1) is 9.08. The van der Waals surface area contributed by atoms with Crippen LogP contribution in [0.2, 0.25) is 0 Å². The highest BCUT2D eigenvalue weighted by molar-refractivity contribution is 5.20. The average Bonchev–Trinajstić information content (AvgIpc) is 2.30. The number of hydrogen-bond acceptors (Lipinski definition) is 2. The maximum absolute atomic E-state index is 9.00. The van der Waals surface area contributed by atoms with E-state index in [0.29, 0.717) is 6.04 Å². The number of nitrogens with zero attached hydrogens (tertiary/aromatic N) is 2. The summed E-state index contributed by atoms with van der Waals surface area (Å²) < 4.78 is 0. The Labute approximate surface area is 84.8 Å². The van der Waals surface area contributed by atoms with Crippen LogP contribution in [-0.2, 0) is 0 Å². The minimum atomic E-state index is 0.315. The molecule has 0 aromatic heterocycles. The second-order valence-corrected chi connectivity index (χ2v) is 3.72. The van der Waals surface area contributed by atoms with Crippen molar-refractivity contribution in [2.24, 2.45) is 0 Å². The van der Waals surface area contributed by atoms with Crippen molar-refractivity contribution in [3.05, 3.63) is 35.9 Å². The molecule has 14 heavy (non-hydrogen) atoms. The van der Waals surface area contributed by atoms with Gasteiger partial charge < -0.3 is 4.90 Å². The van der Waals surface area contributed by atoms with Crippen molar-refractivity contribution in [1.29, 1.82) is 5.26 Å². The third kappa shape index (κ3) is 1.72. The molecule has 0 spiro atoms. The fourth-order valence-corrected chi connectivity index (χ4v) is 2.07. The molecular weight excluding hydrogens is 172 g/mol. The zero-order valence-corrected chi connectivity index (χ0v) is 8.19. The summed E-state index contributed by atoms with van der Waals surface area (Å²) in [4.78, 5) is 1.90. The van der Waals surface area contributed by atoms with E-state index in [-0.39, 0.29) is 0 Å². The Bertz CT molecular complexity index is 326. The fraction of sp³-hybridized carbons (Fsp3) is 0.417. The molecule has 1 aliphatic heterocycles. The maximum atomic E-state index is 9.00. The number of benzene rings is 1. The van der Waals surface area contributed by atoms with E-state index < -0.39 is 0 Å². The highest BCUT2D eigenvalue weighted by atomic mass is 15.2. The lowest BCUT2D eigenvalue weighted by Crippen LogP contribution is -2.28. The predicted molar refractivity (Wildman–Crippen MR) is 55.4 cm³/mol. The second kappa shape index (κ2) is 4.15. The molecular formula is C12H14N2. The molecule has 72 valence electrons. The Kier molecular flexibility index (Phi) is 2.69. The Morgan fingerprint density at radius 3 is 2.71 bits per heavy atom. The zero-order chi connectivity index (χ0) is 9.80. The molecule has 1 atom stereocenters. The first-order chi connectivity index (χ1) is 6.92. The summed E-state index contributed by atoms with van der Waals surface area (Å²) in [6, 6.07) is 10.6. The summed E-state index contributed by atoms with van der Waals surface area (Å²) in [6.45, 7) is 0.913. The van der Waals surface area contributed by atoms with Gasteiger partial charge in [0.05, 0.1) is 6.04 Å². The van der Waals surface area contributed by atoms with Crippen molar-refractivity contribution < 1.29 is 0 Å². The van der Waals surface area contributed by atoms with E-state index in [9.17, 15) is 0 Å². The van der Waals surface area contributed by atoms with Gasteiger partial charge in [-0.05, 0) is 24.8 Å². The molecule has 1 aromatic rings. The highest BCUT2D eigenvalue weighted by Gasteiger charge is 2.22. The van der Waals surface area contributed by atoms with Gasteiger partial charge in [0.15, 0.2) is 6.19 Å². The minimum absolute atomic E-state index is 0.315. The van der Waals surface area contributed by atoms with E-state index in [2.05, 4.69) is 18.3 Å². The van der Waals surface area contributed by atoms with E-state index in [1.165, 1.54) is 12.0 Å². The lowest BCUT2D eigenvalue weighted by atomic mass is 9.96. The molecule has 0 aliphatic carbocycles. The van der Waals surface area contributed by atoms with Crippen LogP contribution in [0.4, 0.5) is 0 Å². The number of likely N-dealkylation sites (tertiary alicyclic amines) is 1. The summed E-state index contributed by atoms with van der Waals surface area (Å²) in [5.41, 5.74) is 1.27. The van der Waals surface area contributed by atoms with Crippen molar-refractivity contribution >= 4 is 0 Å². The third-order valence-electron chi connectivity index (χ3n) is 2.82. The average molecular weight is 186 g/mol. The van der Waals surface area contributed by atoms with Crippen LogP contribution in [-0.4, -0.2) is 11.4 Å². The molecule has 1 unspecified atom stereocenters. The van der Waals surface area contributed by atoms with Crippen LogP contribution >= 0.6 is 0 Å². The van der Waals surface area contributed by atoms with Crippen LogP contribution in [0.3, 0.4) is 0 Å². The largest absolute Gasteiger partial charge is 0.303 e. The Morgan fingerprint density at radius 2 is 2.00 bits per heavy atom. The smallest absolute Gasteiger partial charge is 0.179 e. The van der Waals surface area contributed by atoms with Crippen molar-refractivity contribution in [3.8, 4) is 6.19 Å². The zero-order valence-electron chi connectivity index (χ0n) is 8.19. The van der Waals surface area contributed by atoms with E-state index in [4.69, 9.17) is 5.26 Å². The van der Waals surface area contributed by atoms with Crippen LogP contribution < -0.4 is 0 Å². The van der Waals surface area contributed by atoms with Crippen LogP contribution in [0.25, 0.3) is 0 Å². The summed E-state index contributed by atoms with van der Waals surface area (Å²) in [7, 11) is 0. The Balaban J connectivity index is 2.20. The third-order valence-corrected chi connectivity index (χ3v) is 2.82. The first-order valence-corrected chi connectivity index (χ1v) is 5.13. The summed E-state index contributed by atoms with van der Waals surface area (Å²) in [5.74, 6) is 0. The number of hydrogen-bond donors (Lipinski definition) is 0. The van der Waals surface area contributed by atoms with Gasteiger partial charge in [-0.2, -0.15) is 5.26 Å². The molecule has 1 saturated heterocycles. The van der Waals surface area contributed by atoms with E-state index >= 15 is 0 Å². The SMILES string of the molecule is N#CN1CCCCC1c1ccccc1. The monoisotopic (exact) mass is 186 g/mol. The van der Waals surface area contributed by atoms with Gasteiger partial charge in [-0.1, -0.05) is 30.3 Å². The molecule has 0 N–H and O–H groups in total. The lowest BCUT2D eigenvalue weighted by molar-refractivity contribution is 0.227. The number of rotatable bonds is 1. The Morgan fingerprint density at radius 1 is 1.21 bits per heavy atom. The quantitative estimate of drug-likeness (QED) is 0.630. The molecule has 1 aromatic carbocycles. The molecule has 0 radical (unpaired) electrons. The molecule has 1 heterocycles. The van der Waals surface area contributed by atoms with Crippen molar-refractivity contribution in [2.45, 2.75) is 25.3 Å². The van der Waals surface area contributed by atoms with Gasteiger partial charge in [-0.3, -0.25) is 0 Å². The van der Waals surface area contributed by atoms with Crippen molar-refractivity contribution in [1.82, 2.24) is 4.90 Å². The Hall–Kier alpha value is -1.49. The van der Waals surface area contributed by atoms with Crippen LogP contribution in [0.15, 0.2) is 30.3 Å². The normalized spacial score (nSPS) is 21.6. The molecule has 0 saturated carbocycles. The summed E-state index contributed by atoms with van der Waals surface area (Å²) in [6.07, 6.45) is 5.78. The van der Waals surface area contributed by atoms with E-state index in [1.54, 1.807) is 0 Å². The molecule has 0 amide bonds. The molecule has 2 nitrogen and oxygen atoms in total. The van der Waals surface area contributed by atoms with Gasteiger partial charge in [0.1, 0.15) is 0 Å². The van der Waals surface area contributed by atoms with Crippen LogP contribution in [0, 0.1) is 11.5 Å². The summed E-state index contributed by atoms with van der Waals surface area (Å²) >= 11 is 0. The molecule has 1 fully saturated rings. The molecule has 0 bridgehead atoms. The summed E-state index contributed by atoms with van der Waals surface area (Å²) in [5, 5.41) is 9.00. The molecule has 2 rings (SSSR count).